The van der Waals surface area contributed by atoms with E-state index in [0.717, 1.165) is 43.0 Å². The van der Waals surface area contributed by atoms with E-state index in [4.69, 9.17) is 9.16 Å². The molecule has 0 saturated carbocycles. The minimum atomic E-state index is -0.825. The third-order valence-electron chi connectivity index (χ3n) is 2.65. The summed E-state index contributed by atoms with van der Waals surface area (Å²) in [5.41, 5.74) is 1.08. The van der Waals surface area contributed by atoms with Gasteiger partial charge in [0.15, 0.2) is 0 Å². The van der Waals surface area contributed by atoms with Crippen LogP contribution in [0.15, 0.2) is 30.8 Å². The van der Waals surface area contributed by atoms with Crippen molar-refractivity contribution in [1.29, 1.82) is 0 Å². The van der Waals surface area contributed by atoms with Gasteiger partial charge in [-0.05, 0) is 19.0 Å². The minimum absolute atomic E-state index is 0.782. The van der Waals surface area contributed by atoms with E-state index >= 15 is 0 Å². The molecule has 18 heavy (non-hydrogen) atoms. The highest BCUT2D eigenvalue weighted by Crippen LogP contribution is 2.21. The van der Waals surface area contributed by atoms with Crippen LogP contribution in [0.2, 0.25) is 12.1 Å². The highest BCUT2D eigenvalue weighted by Gasteiger charge is 2.15. The molecule has 0 aliphatic heterocycles. The van der Waals surface area contributed by atoms with Crippen molar-refractivity contribution in [3.05, 3.63) is 36.4 Å². The van der Waals surface area contributed by atoms with Gasteiger partial charge in [-0.1, -0.05) is 44.2 Å². The number of ether oxygens (including phenoxy) is 1. The summed E-state index contributed by atoms with van der Waals surface area (Å²) in [5.74, 6) is 0.964. The quantitative estimate of drug-likeness (QED) is 0.492. The summed E-state index contributed by atoms with van der Waals surface area (Å²) in [6.45, 7) is 9.65. The van der Waals surface area contributed by atoms with Gasteiger partial charge in [-0.2, -0.15) is 0 Å². The third kappa shape index (κ3) is 5.06. The van der Waals surface area contributed by atoms with Crippen molar-refractivity contribution < 1.29 is 9.16 Å². The maximum Gasteiger partial charge on any atom is 0.283 e. The molecule has 0 aliphatic rings. The number of hydrogen-bond donors (Lipinski definition) is 0. The summed E-state index contributed by atoms with van der Waals surface area (Å²) < 4.78 is 11.6. The van der Waals surface area contributed by atoms with E-state index < -0.39 is 9.04 Å². The van der Waals surface area contributed by atoms with Crippen molar-refractivity contribution in [1.82, 2.24) is 0 Å². The molecule has 0 N–H and O–H groups in total. The summed E-state index contributed by atoms with van der Waals surface area (Å²) in [6, 6.07) is 10.3. The Hall–Kier alpha value is -1.06. The number of rotatable bonds is 9. The van der Waals surface area contributed by atoms with Gasteiger partial charge in [-0.25, -0.2) is 0 Å². The van der Waals surface area contributed by atoms with E-state index in [1.165, 1.54) is 0 Å². The molecule has 0 spiro atoms. The standard InChI is InChI=1S/C15H23O2Si/c1-4-12-18(13-11-16-6-3)17-15-10-8-7-9-14(15)5-2/h5,7-10H,2,4,6,11-13H2,1,3H3. The highest BCUT2D eigenvalue weighted by atomic mass is 28.3. The minimum Gasteiger partial charge on any atom is -0.542 e. The molecule has 0 atom stereocenters. The Morgan fingerprint density at radius 2 is 2.00 bits per heavy atom. The molecule has 99 valence electrons. The normalized spacial score (nSPS) is 10.6. The van der Waals surface area contributed by atoms with Crippen LogP contribution in [0.5, 0.6) is 5.75 Å². The van der Waals surface area contributed by atoms with Gasteiger partial charge >= 0.3 is 0 Å². The predicted octanol–water partition coefficient (Wildman–Crippen LogP) is 4.15. The average molecular weight is 263 g/mol. The SMILES string of the molecule is C=Cc1ccccc1O[Si](CCC)CCOCC. The van der Waals surface area contributed by atoms with Crippen LogP contribution in [0.1, 0.15) is 25.8 Å². The van der Waals surface area contributed by atoms with Crippen molar-refractivity contribution in [3.63, 3.8) is 0 Å². The van der Waals surface area contributed by atoms with Gasteiger partial charge in [0.2, 0.25) is 0 Å². The Morgan fingerprint density at radius 1 is 1.22 bits per heavy atom. The lowest BCUT2D eigenvalue weighted by atomic mass is 10.2. The van der Waals surface area contributed by atoms with E-state index in [0.29, 0.717) is 0 Å². The van der Waals surface area contributed by atoms with Gasteiger partial charge in [-0.15, -0.1) is 0 Å². The summed E-state index contributed by atoms with van der Waals surface area (Å²) in [6.07, 6.45) is 3.01. The fourth-order valence-corrected chi connectivity index (χ4v) is 3.61. The second-order valence-electron chi connectivity index (χ2n) is 4.08. The Balaban J connectivity index is 2.60. The molecule has 1 aromatic rings. The molecule has 1 radical (unpaired) electrons. The average Bonchev–Trinajstić information content (AvgIpc) is 2.40. The van der Waals surface area contributed by atoms with Crippen molar-refractivity contribution in [2.75, 3.05) is 13.2 Å². The van der Waals surface area contributed by atoms with Crippen LogP contribution in [0, 0.1) is 0 Å². The van der Waals surface area contributed by atoms with Gasteiger partial charge in [0.1, 0.15) is 5.75 Å². The largest absolute Gasteiger partial charge is 0.542 e. The van der Waals surface area contributed by atoms with Crippen LogP contribution >= 0.6 is 0 Å². The highest BCUT2D eigenvalue weighted by molar-refractivity contribution is 6.52. The fourth-order valence-electron chi connectivity index (χ4n) is 1.73. The maximum absolute atomic E-state index is 6.17. The fraction of sp³-hybridized carbons (Fsp3) is 0.467. The summed E-state index contributed by atoms with van der Waals surface area (Å²) >= 11 is 0. The summed E-state index contributed by atoms with van der Waals surface area (Å²) in [4.78, 5) is 0. The van der Waals surface area contributed by atoms with Gasteiger partial charge in [0.25, 0.3) is 9.04 Å². The lowest BCUT2D eigenvalue weighted by Crippen LogP contribution is -2.23. The lowest BCUT2D eigenvalue weighted by molar-refractivity contribution is 0.160. The van der Waals surface area contributed by atoms with E-state index in [-0.39, 0.29) is 0 Å². The summed E-state index contributed by atoms with van der Waals surface area (Å²) in [5, 5.41) is 0. The third-order valence-corrected chi connectivity index (χ3v) is 4.98. The maximum atomic E-state index is 6.17. The van der Waals surface area contributed by atoms with Crippen LogP contribution < -0.4 is 4.43 Å². The lowest BCUT2D eigenvalue weighted by Gasteiger charge is -2.17. The van der Waals surface area contributed by atoms with Crippen molar-refractivity contribution in [2.45, 2.75) is 32.4 Å². The molecule has 0 amide bonds. The molecule has 0 aliphatic carbocycles. The van der Waals surface area contributed by atoms with Crippen molar-refractivity contribution in [3.8, 4) is 5.75 Å². The Bertz CT molecular complexity index is 352. The van der Waals surface area contributed by atoms with Crippen LogP contribution in [-0.2, 0) is 4.74 Å². The molecule has 0 bridgehead atoms. The van der Waals surface area contributed by atoms with Gasteiger partial charge in [-0.3, -0.25) is 0 Å². The van der Waals surface area contributed by atoms with Crippen LogP contribution in [0.3, 0.4) is 0 Å². The number of benzene rings is 1. The van der Waals surface area contributed by atoms with E-state index in [9.17, 15) is 0 Å². The van der Waals surface area contributed by atoms with E-state index in [1.54, 1.807) is 0 Å². The molecule has 3 heteroatoms. The molecule has 1 rings (SSSR count). The number of para-hydroxylation sites is 1. The molecular formula is C15H23O2Si. The first-order valence-corrected chi connectivity index (χ1v) is 8.45. The molecule has 0 fully saturated rings. The summed E-state index contributed by atoms with van der Waals surface area (Å²) in [7, 11) is -0.825. The van der Waals surface area contributed by atoms with Gasteiger partial charge in [0.05, 0.1) is 0 Å². The Morgan fingerprint density at radius 3 is 2.67 bits per heavy atom. The monoisotopic (exact) mass is 263 g/mol. The molecule has 1 aromatic carbocycles. The molecule has 0 aromatic heterocycles. The first kappa shape index (κ1) is 15.0. The van der Waals surface area contributed by atoms with E-state index in [1.807, 2.05) is 37.3 Å². The van der Waals surface area contributed by atoms with Gasteiger partial charge < -0.3 is 9.16 Å². The first-order valence-electron chi connectivity index (χ1n) is 6.63. The second-order valence-corrected chi connectivity index (χ2v) is 6.36. The molecule has 0 unspecified atom stereocenters. The zero-order chi connectivity index (χ0) is 13.2. The number of hydrogen-bond acceptors (Lipinski definition) is 2. The van der Waals surface area contributed by atoms with E-state index in [2.05, 4.69) is 13.5 Å². The molecule has 0 heterocycles. The Labute approximate surface area is 112 Å². The molecule has 0 saturated heterocycles. The van der Waals surface area contributed by atoms with Gasteiger partial charge in [0, 0.05) is 24.8 Å². The zero-order valence-electron chi connectivity index (χ0n) is 11.4. The Kier molecular flexibility index (Phi) is 7.45. The van der Waals surface area contributed by atoms with Crippen LogP contribution in [0.4, 0.5) is 0 Å². The molecule has 2 nitrogen and oxygen atoms in total. The topological polar surface area (TPSA) is 18.5 Å². The molecular weight excluding hydrogens is 240 g/mol. The van der Waals surface area contributed by atoms with Crippen molar-refractivity contribution >= 4 is 15.1 Å². The van der Waals surface area contributed by atoms with Crippen LogP contribution in [0.25, 0.3) is 6.08 Å². The van der Waals surface area contributed by atoms with Crippen molar-refractivity contribution in [2.24, 2.45) is 0 Å². The first-order chi connectivity index (χ1) is 8.81. The van der Waals surface area contributed by atoms with Crippen LogP contribution in [-0.4, -0.2) is 22.3 Å². The second kappa shape index (κ2) is 8.95. The zero-order valence-corrected chi connectivity index (χ0v) is 12.4. The smallest absolute Gasteiger partial charge is 0.283 e. The predicted molar refractivity (Wildman–Crippen MR) is 79.3 cm³/mol.